The minimum atomic E-state index is -4.17. The number of amides is 2. The van der Waals surface area contributed by atoms with Gasteiger partial charge >= 0.3 is 0 Å². The van der Waals surface area contributed by atoms with Crippen molar-refractivity contribution in [3.63, 3.8) is 0 Å². The summed E-state index contributed by atoms with van der Waals surface area (Å²) in [5, 5.41) is 2.91. The van der Waals surface area contributed by atoms with Crippen molar-refractivity contribution in [2.45, 2.75) is 51.1 Å². The summed E-state index contributed by atoms with van der Waals surface area (Å²) in [5.41, 5.74) is 3.59. The summed E-state index contributed by atoms with van der Waals surface area (Å²) in [6.45, 7) is 5.53. The third kappa shape index (κ3) is 8.32. The first kappa shape index (κ1) is 32.4. The first-order valence-electron chi connectivity index (χ1n) is 14.6. The Kier molecular flexibility index (Phi) is 10.9. The zero-order chi connectivity index (χ0) is 31.7. The maximum absolute atomic E-state index is 14.4. The van der Waals surface area contributed by atoms with Crippen molar-refractivity contribution in [1.82, 2.24) is 10.2 Å². The molecule has 0 aliphatic heterocycles. The van der Waals surface area contributed by atoms with Crippen LogP contribution in [-0.2, 0) is 32.6 Å². The number of benzene rings is 4. The molecule has 0 aliphatic rings. The second-order valence-corrected chi connectivity index (χ2v) is 12.7. The SMILES string of the molecule is CCCNC(=O)[C@@H](Cc1ccccc1)N(Cc1ccc(F)cc1)C(=O)CN(c1ccc(C)cc1)S(=O)(=O)c1ccc(C)cc1. The predicted octanol–water partition coefficient (Wildman–Crippen LogP) is 5.80. The Bertz CT molecular complexity index is 1640. The molecule has 4 aromatic carbocycles. The van der Waals surface area contributed by atoms with E-state index in [1.807, 2.05) is 51.1 Å². The van der Waals surface area contributed by atoms with E-state index in [9.17, 15) is 22.4 Å². The first-order valence-corrected chi connectivity index (χ1v) is 16.0. The van der Waals surface area contributed by atoms with Gasteiger partial charge in [0.05, 0.1) is 10.6 Å². The third-order valence-corrected chi connectivity index (χ3v) is 9.08. The van der Waals surface area contributed by atoms with Crippen molar-refractivity contribution in [3.8, 4) is 0 Å². The number of hydrogen-bond acceptors (Lipinski definition) is 4. The Morgan fingerprint density at radius 3 is 1.98 bits per heavy atom. The molecule has 0 aromatic heterocycles. The Morgan fingerprint density at radius 2 is 1.39 bits per heavy atom. The number of carbonyl (C=O) groups excluding carboxylic acids is 2. The maximum Gasteiger partial charge on any atom is 0.264 e. The van der Waals surface area contributed by atoms with Crippen LogP contribution in [0.25, 0.3) is 0 Å². The van der Waals surface area contributed by atoms with Crippen molar-refractivity contribution >= 4 is 27.5 Å². The number of rotatable bonds is 13. The zero-order valence-corrected chi connectivity index (χ0v) is 26.1. The molecular weight excluding hydrogens is 577 g/mol. The van der Waals surface area contributed by atoms with Crippen molar-refractivity contribution < 1.29 is 22.4 Å². The molecule has 1 N–H and O–H groups in total. The molecule has 0 saturated heterocycles. The van der Waals surface area contributed by atoms with E-state index in [1.54, 1.807) is 48.5 Å². The second kappa shape index (κ2) is 14.8. The average molecular weight is 616 g/mol. The van der Waals surface area contributed by atoms with Crippen LogP contribution in [0.4, 0.5) is 10.1 Å². The van der Waals surface area contributed by atoms with Gasteiger partial charge in [-0.15, -0.1) is 0 Å². The topological polar surface area (TPSA) is 86.8 Å². The molecule has 0 saturated carbocycles. The van der Waals surface area contributed by atoms with E-state index in [0.29, 0.717) is 24.2 Å². The highest BCUT2D eigenvalue weighted by atomic mass is 32.2. The largest absolute Gasteiger partial charge is 0.354 e. The molecule has 0 heterocycles. The number of carbonyl (C=O) groups is 2. The lowest BCUT2D eigenvalue weighted by atomic mass is 10.0. The summed E-state index contributed by atoms with van der Waals surface area (Å²) in [4.78, 5) is 29.5. The Labute approximate surface area is 259 Å². The molecule has 0 unspecified atom stereocenters. The molecule has 4 aromatic rings. The maximum atomic E-state index is 14.4. The van der Waals surface area contributed by atoms with Crippen LogP contribution in [0.5, 0.6) is 0 Å². The Hall–Kier alpha value is -4.50. The molecule has 230 valence electrons. The van der Waals surface area contributed by atoms with Crippen molar-refractivity contribution in [2.75, 3.05) is 17.4 Å². The van der Waals surface area contributed by atoms with Crippen LogP contribution in [0.1, 0.15) is 35.6 Å². The van der Waals surface area contributed by atoms with Crippen LogP contribution >= 0.6 is 0 Å². The molecule has 7 nitrogen and oxygen atoms in total. The van der Waals surface area contributed by atoms with Crippen LogP contribution in [0.3, 0.4) is 0 Å². The molecule has 0 radical (unpaired) electrons. The lowest BCUT2D eigenvalue weighted by Crippen LogP contribution is -2.53. The van der Waals surface area contributed by atoms with E-state index in [1.165, 1.54) is 29.2 Å². The number of nitrogens with zero attached hydrogens (tertiary/aromatic N) is 2. The van der Waals surface area contributed by atoms with Gasteiger partial charge in [0.15, 0.2) is 0 Å². The molecule has 4 rings (SSSR count). The van der Waals surface area contributed by atoms with Crippen LogP contribution in [0, 0.1) is 19.7 Å². The normalized spacial score (nSPS) is 11.9. The monoisotopic (exact) mass is 615 g/mol. The van der Waals surface area contributed by atoms with E-state index < -0.39 is 34.3 Å². The highest BCUT2D eigenvalue weighted by Crippen LogP contribution is 2.26. The first-order chi connectivity index (χ1) is 21.1. The number of nitrogens with one attached hydrogen (secondary N) is 1. The van der Waals surface area contributed by atoms with Crippen molar-refractivity contribution in [1.29, 1.82) is 0 Å². The van der Waals surface area contributed by atoms with E-state index in [-0.39, 0.29) is 23.8 Å². The van der Waals surface area contributed by atoms with Crippen molar-refractivity contribution in [2.24, 2.45) is 0 Å². The smallest absolute Gasteiger partial charge is 0.264 e. The highest BCUT2D eigenvalue weighted by Gasteiger charge is 2.34. The van der Waals surface area contributed by atoms with Gasteiger partial charge in [-0.25, -0.2) is 12.8 Å². The molecule has 9 heteroatoms. The van der Waals surface area contributed by atoms with Crippen LogP contribution < -0.4 is 9.62 Å². The zero-order valence-electron chi connectivity index (χ0n) is 25.2. The standard InChI is InChI=1S/C35H38FN3O4S/c1-4-22-37-35(41)33(23-28-8-6-5-7-9-28)38(24-29-14-16-30(36)17-15-29)34(40)25-39(31-18-10-26(2)11-19-31)44(42,43)32-20-12-27(3)13-21-32/h5-21,33H,4,22-25H2,1-3H3,(H,37,41)/t33-/m1/s1. The number of anilines is 1. The number of hydrogen-bond donors (Lipinski definition) is 1. The van der Waals surface area contributed by atoms with Gasteiger partial charge in [0.1, 0.15) is 18.4 Å². The lowest BCUT2D eigenvalue weighted by molar-refractivity contribution is -0.140. The number of halogens is 1. The van der Waals surface area contributed by atoms with E-state index in [4.69, 9.17) is 0 Å². The van der Waals surface area contributed by atoms with Gasteiger partial charge in [-0.05, 0) is 67.8 Å². The van der Waals surface area contributed by atoms with Crippen LogP contribution in [-0.4, -0.2) is 44.3 Å². The summed E-state index contributed by atoms with van der Waals surface area (Å²) in [5.74, 6) is -1.35. The predicted molar refractivity (Wildman–Crippen MR) is 171 cm³/mol. The van der Waals surface area contributed by atoms with E-state index >= 15 is 0 Å². The van der Waals surface area contributed by atoms with E-state index in [0.717, 1.165) is 21.0 Å². The fourth-order valence-corrected chi connectivity index (χ4v) is 6.20. The molecule has 2 amide bonds. The molecule has 44 heavy (non-hydrogen) atoms. The number of aryl methyl sites for hydroxylation is 2. The van der Waals surface area contributed by atoms with E-state index in [2.05, 4.69) is 5.32 Å². The molecule has 0 aliphatic carbocycles. The minimum Gasteiger partial charge on any atom is -0.354 e. The highest BCUT2D eigenvalue weighted by molar-refractivity contribution is 7.92. The molecule has 0 spiro atoms. The van der Waals surface area contributed by atoms with Gasteiger partial charge < -0.3 is 10.2 Å². The van der Waals surface area contributed by atoms with Crippen molar-refractivity contribution in [3.05, 3.63) is 131 Å². The quantitative estimate of drug-likeness (QED) is 0.206. The number of sulfonamides is 1. The summed E-state index contributed by atoms with van der Waals surface area (Å²) in [7, 11) is -4.17. The fourth-order valence-electron chi connectivity index (χ4n) is 4.78. The summed E-state index contributed by atoms with van der Waals surface area (Å²) in [6.07, 6.45) is 0.907. The second-order valence-electron chi connectivity index (χ2n) is 10.8. The van der Waals surface area contributed by atoms with Gasteiger partial charge in [-0.2, -0.15) is 0 Å². The Morgan fingerprint density at radius 1 is 0.795 bits per heavy atom. The van der Waals surface area contributed by atoms with Gasteiger partial charge in [0.25, 0.3) is 10.0 Å². The molecule has 0 fully saturated rings. The van der Waals surface area contributed by atoms with Gasteiger partial charge in [-0.1, -0.05) is 84.8 Å². The van der Waals surface area contributed by atoms with Crippen LogP contribution in [0.15, 0.2) is 108 Å². The molecule has 1 atom stereocenters. The Balaban J connectivity index is 1.78. The fraction of sp³-hybridized carbons (Fsp3) is 0.257. The third-order valence-electron chi connectivity index (χ3n) is 7.30. The lowest BCUT2D eigenvalue weighted by Gasteiger charge is -2.34. The van der Waals surface area contributed by atoms with Gasteiger partial charge in [0, 0.05) is 19.5 Å². The summed E-state index contributed by atoms with van der Waals surface area (Å²) < 4.78 is 43.0. The minimum absolute atomic E-state index is 0.0253. The molecule has 0 bridgehead atoms. The van der Waals surface area contributed by atoms with Gasteiger partial charge in [0.2, 0.25) is 11.8 Å². The molecular formula is C35H38FN3O4S. The van der Waals surface area contributed by atoms with Crippen LogP contribution in [0.2, 0.25) is 0 Å². The summed E-state index contributed by atoms with van der Waals surface area (Å²) >= 11 is 0. The average Bonchev–Trinajstić information content (AvgIpc) is 3.02. The van der Waals surface area contributed by atoms with Gasteiger partial charge in [-0.3, -0.25) is 13.9 Å². The summed E-state index contributed by atoms with van der Waals surface area (Å²) in [6, 6.07) is 27.4.